The monoisotopic (exact) mass is 238 g/mol. The lowest BCUT2D eigenvalue weighted by Crippen LogP contribution is -2.25. The maximum absolute atomic E-state index is 13.6. The highest BCUT2D eigenvalue weighted by Gasteiger charge is 2.14. The smallest absolute Gasteiger partial charge is 0.126 e. The summed E-state index contributed by atoms with van der Waals surface area (Å²) < 4.78 is 13.6. The van der Waals surface area contributed by atoms with Gasteiger partial charge in [0.1, 0.15) is 5.82 Å². The van der Waals surface area contributed by atoms with Crippen LogP contribution >= 0.6 is 0 Å². The van der Waals surface area contributed by atoms with Crippen molar-refractivity contribution in [1.29, 1.82) is 0 Å². The summed E-state index contributed by atoms with van der Waals surface area (Å²) in [6.07, 6.45) is 0. The Morgan fingerprint density at radius 3 is 2.35 bits per heavy atom. The molecular formula is C14H23FN2. The van der Waals surface area contributed by atoms with Crippen molar-refractivity contribution in [2.24, 2.45) is 11.7 Å². The van der Waals surface area contributed by atoms with Gasteiger partial charge in [-0.15, -0.1) is 0 Å². The van der Waals surface area contributed by atoms with E-state index >= 15 is 0 Å². The molecule has 0 spiro atoms. The van der Waals surface area contributed by atoms with Crippen molar-refractivity contribution in [3.8, 4) is 0 Å². The Kier molecular flexibility index (Phi) is 4.52. The average molecular weight is 238 g/mol. The highest BCUT2D eigenvalue weighted by atomic mass is 19.1. The summed E-state index contributed by atoms with van der Waals surface area (Å²) in [6, 6.07) is 3.29. The van der Waals surface area contributed by atoms with Crippen LogP contribution in [0.25, 0.3) is 0 Å². The van der Waals surface area contributed by atoms with Gasteiger partial charge in [0.25, 0.3) is 0 Å². The van der Waals surface area contributed by atoms with Crippen molar-refractivity contribution in [3.05, 3.63) is 29.1 Å². The van der Waals surface area contributed by atoms with Gasteiger partial charge >= 0.3 is 0 Å². The second-order valence-electron chi connectivity index (χ2n) is 5.22. The molecule has 0 aromatic heterocycles. The van der Waals surface area contributed by atoms with Crippen LogP contribution in [0.5, 0.6) is 0 Å². The molecule has 0 aliphatic rings. The molecule has 0 aliphatic heterocycles. The third-order valence-corrected chi connectivity index (χ3v) is 2.85. The quantitative estimate of drug-likeness (QED) is 0.872. The number of hydrogen-bond donors (Lipinski definition) is 1. The van der Waals surface area contributed by atoms with Crippen LogP contribution in [0, 0.1) is 18.7 Å². The van der Waals surface area contributed by atoms with E-state index < -0.39 is 0 Å². The van der Waals surface area contributed by atoms with E-state index in [-0.39, 0.29) is 11.9 Å². The molecule has 3 heteroatoms. The third kappa shape index (κ3) is 3.43. The lowest BCUT2D eigenvalue weighted by molar-refractivity contribution is 0.608. The lowest BCUT2D eigenvalue weighted by Gasteiger charge is -2.26. The summed E-state index contributed by atoms with van der Waals surface area (Å²) in [5.41, 5.74) is 8.48. The molecule has 0 bridgehead atoms. The molecule has 0 aliphatic carbocycles. The molecule has 1 aromatic rings. The van der Waals surface area contributed by atoms with Gasteiger partial charge in [0.15, 0.2) is 0 Å². The van der Waals surface area contributed by atoms with Crippen molar-refractivity contribution < 1.29 is 4.39 Å². The van der Waals surface area contributed by atoms with Crippen molar-refractivity contribution in [2.75, 3.05) is 18.5 Å². The average Bonchev–Trinajstić information content (AvgIpc) is 2.19. The first-order chi connectivity index (χ1) is 7.82. The van der Waals surface area contributed by atoms with Crippen LogP contribution in [0.2, 0.25) is 0 Å². The van der Waals surface area contributed by atoms with E-state index in [2.05, 4.69) is 18.7 Å². The van der Waals surface area contributed by atoms with Gasteiger partial charge in [-0.25, -0.2) is 4.39 Å². The Morgan fingerprint density at radius 1 is 1.29 bits per heavy atom. The first-order valence-corrected chi connectivity index (χ1v) is 6.09. The zero-order chi connectivity index (χ0) is 13.2. The van der Waals surface area contributed by atoms with Crippen molar-refractivity contribution in [2.45, 2.75) is 33.7 Å². The van der Waals surface area contributed by atoms with Gasteiger partial charge < -0.3 is 10.6 Å². The van der Waals surface area contributed by atoms with Crippen molar-refractivity contribution in [1.82, 2.24) is 0 Å². The Hall–Kier alpha value is -1.09. The zero-order valence-corrected chi connectivity index (χ0v) is 11.4. The largest absolute Gasteiger partial charge is 0.374 e. The summed E-state index contributed by atoms with van der Waals surface area (Å²) in [6.45, 7) is 8.94. The molecule has 0 radical (unpaired) electrons. The van der Waals surface area contributed by atoms with Gasteiger partial charge in [-0.3, -0.25) is 0 Å². The van der Waals surface area contributed by atoms with E-state index in [1.807, 2.05) is 20.0 Å². The fourth-order valence-electron chi connectivity index (χ4n) is 2.02. The van der Waals surface area contributed by atoms with E-state index in [1.54, 1.807) is 13.0 Å². The lowest BCUT2D eigenvalue weighted by atomic mass is 10.0. The molecule has 1 rings (SSSR count). The summed E-state index contributed by atoms with van der Waals surface area (Å²) in [7, 11) is 2.03. The van der Waals surface area contributed by atoms with Crippen LogP contribution in [0.4, 0.5) is 10.1 Å². The molecule has 96 valence electrons. The Morgan fingerprint density at radius 2 is 1.88 bits per heavy atom. The Bertz CT molecular complexity index is 386. The van der Waals surface area contributed by atoms with Crippen LogP contribution in [-0.2, 0) is 0 Å². The number of nitrogens with zero attached hydrogens (tertiary/aromatic N) is 1. The number of benzene rings is 1. The third-order valence-electron chi connectivity index (χ3n) is 2.85. The minimum absolute atomic E-state index is 0.158. The van der Waals surface area contributed by atoms with Crippen LogP contribution in [0.3, 0.4) is 0 Å². The molecular weight excluding hydrogens is 215 g/mol. The van der Waals surface area contributed by atoms with Crippen LogP contribution < -0.4 is 10.6 Å². The number of hydrogen-bond acceptors (Lipinski definition) is 2. The molecule has 2 nitrogen and oxygen atoms in total. The summed E-state index contributed by atoms with van der Waals surface area (Å²) in [5, 5.41) is 0. The van der Waals surface area contributed by atoms with E-state index in [1.165, 1.54) is 0 Å². The molecule has 1 atom stereocenters. The highest BCUT2D eigenvalue weighted by Crippen LogP contribution is 2.28. The second kappa shape index (κ2) is 5.50. The first kappa shape index (κ1) is 14.0. The van der Waals surface area contributed by atoms with Gasteiger partial charge in [0.2, 0.25) is 0 Å². The second-order valence-corrected chi connectivity index (χ2v) is 5.22. The SMILES string of the molecule is Cc1cc(N(C)CC(C)C)c([C@H](C)N)cc1F. The number of aryl methyl sites for hydroxylation is 1. The molecule has 0 saturated heterocycles. The molecule has 2 N–H and O–H groups in total. The normalized spacial score (nSPS) is 12.9. The van der Waals surface area contributed by atoms with Crippen LogP contribution in [0.15, 0.2) is 12.1 Å². The predicted molar refractivity (Wildman–Crippen MR) is 71.8 cm³/mol. The first-order valence-electron chi connectivity index (χ1n) is 6.09. The molecule has 1 aromatic carbocycles. The fraction of sp³-hybridized carbons (Fsp3) is 0.571. The molecule has 0 amide bonds. The van der Waals surface area contributed by atoms with E-state index in [9.17, 15) is 4.39 Å². The predicted octanol–water partition coefficient (Wildman–Crippen LogP) is 3.25. The number of rotatable bonds is 4. The Balaban J connectivity index is 3.16. The molecule has 0 fully saturated rings. The van der Waals surface area contributed by atoms with Gasteiger partial charge in [-0.2, -0.15) is 0 Å². The molecule has 17 heavy (non-hydrogen) atoms. The van der Waals surface area contributed by atoms with E-state index in [0.717, 1.165) is 17.8 Å². The summed E-state index contributed by atoms with van der Waals surface area (Å²) >= 11 is 0. The molecule has 0 heterocycles. The van der Waals surface area contributed by atoms with E-state index in [0.29, 0.717) is 11.5 Å². The highest BCUT2D eigenvalue weighted by molar-refractivity contribution is 5.56. The minimum Gasteiger partial charge on any atom is -0.374 e. The minimum atomic E-state index is -0.181. The maximum Gasteiger partial charge on any atom is 0.126 e. The summed E-state index contributed by atoms with van der Waals surface area (Å²) in [5.74, 6) is 0.380. The van der Waals surface area contributed by atoms with Crippen molar-refractivity contribution >= 4 is 5.69 Å². The maximum atomic E-state index is 13.6. The summed E-state index contributed by atoms with van der Waals surface area (Å²) in [4.78, 5) is 2.15. The fourth-order valence-corrected chi connectivity index (χ4v) is 2.02. The van der Waals surface area contributed by atoms with Crippen LogP contribution in [0.1, 0.15) is 37.9 Å². The van der Waals surface area contributed by atoms with Gasteiger partial charge in [-0.1, -0.05) is 13.8 Å². The van der Waals surface area contributed by atoms with Gasteiger partial charge in [0.05, 0.1) is 0 Å². The van der Waals surface area contributed by atoms with Crippen LogP contribution in [-0.4, -0.2) is 13.6 Å². The number of nitrogens with two attached hydrogens (primary N) is 1. The number of anilines is 1. The van der Waals surface area contributed by atoms with Gasteiger partial charge in [-0.05, 0) is 43.0 Å². The van der Waals surface area contributed by atoms with Gasteiger partial charge in [0, 0.05) is 25.3 Å². The van der Waals surface area contributed by atoms with Crippen molar-refractivity contribution in [3.63, 3.8) is 0 Å². The number of halogens is 1. The standard InChI is InChI=1S/C14H23FN2/c1-9(2)8-17(5)14-6-10(3)13(15)7-12(14)11(4)16/h6-7,9,11H,8,16H2,1-5H3/t11-/m0/s1. The molecule has 0 unspecified atom stereocenters. The van der Waals surface area contributed by atoms with E-state index in [4.69, 9.17) is 5.73 Å². The zero-order valence-electron chi connectivity index (χ0n) is 11.4. The Labute approximate surface area is 104 Å². The topological polar surface area (TPSA) is 29.3 Å². The molecule has 0 saturated carbocycles.